The van der Waals surface area contributed by atoms with Crippen molar-refractivity contribution in [2.24, 2.45) is 0 Å². The number of amides is 1. The van der Waals surface area contributed by atoms with Crippen molar-refractivity contribution in [3.05, 3.63) is 29.8 Å². The molecular weight excluding hydrogens is 240 g/mol. The average molecular weight is 258 g/mol. The normalized spacial score (nSPS) is 19.7. The molecule has 1 heterocycles. The van der Waals surface area contributed by atoms with Gasteiger partial charge in [-0.1, -0.05) is 0 Å². The lowest BCUT2D eigenvalue weighted by Gasteiger charge is -2.31. The molecule has 0 radical (unpaired) electrons. The third kappa shape index (κ3) is 4.05. The van der Waals surface area contributed by atoms with Gasteiger partial charge < -0.3 is 10.6 Å². The minimum absolute atomic E-state index is 0.0150. The zero-order valence-electron chi connectivity index (χ0n) is 11.0. The molecule has 100 valence electrons. The zero-order chi connectivity index (χ0) is 13.7. The summed E-state index contributed by atoms with van der Waals surface area (Å²) < 4.78 is 0. The van der Waals surface area contributed by atoms with Crippen LogP contribution in [0.2, 0.25) is 0 Å². The first-order valence-electron chi connectivity index (χ1n) is 6.43. The molecule has 2 N–H and O–H groups in total. The Hall–Kier alpha value is -1.90. The monoisotopic (exact) mass is 258 g/mol. The Morgan fingerprint density at radius 3 is 2.89 bits per heavy atom. The summed E-state index contributed by atoms with van der Waals surface area (Å²) in [5, 5.41) is 14.9. The summed E-state index contributed by atoms with van der Waals surface area (Å²) in [6.07, 6.45) is 0. The van der Waals surface area contributed by atoms with Crippen molar-refractivity contribution in [3.8, 4) is 6.07 Å². The molecule has 19 heavy (non-hydrogen) atoms. The minimum Gasteiger partial charge on any atom is -0.325 e. The van der Waals surface area contributed by atoms with Gasteiger partial charge in [0.25, 0.3) is 0 Å². The SMILES string of the molecule is CC1CN(CC(=O)Nc2ccc(C#N)cc2)CCN1. The maximum absolute atomic E-state index is 11.9. The molecule has 1 atom stereocenters. The molecule has 2 rings (SSSR count). The highest BCUT2D eigenvalue weighted by Gasteiger charge is 2.17. The van der Waals surface area contributed by atoms with Gasteiger partial charge in [0.1, 0.15) is 0 Å². The van der Waals surface area contributed by atoms with Gasteiger partial charge in [-0.05, 0) is 31.2 Å². The van der Waals surface area contributed by atoms with E-state index >= 15 is 0 Å². The zero-order valence-corrected chi connectivity index (χ0v) is 11.0. The second-order valence-electron chi connectivity index (χ2n) is 4.83. The predicted octanol–water partition coefficient (Wildman–Crippen LogP) is 0.790. The lowest BCUT2D eigenvalue weighted by molar-refractivity contribution is -0.117. The van der Waals surface area contributed by atoms with Crippen LogP contribution in [0.25, 0.3) is 0 Å². The van der Waals surface area contributed by atoms with Gasteiger partial charge in [0.2, 0.25) is 5.91 Å². The molecule has 1 unspecified atom stereocenters. The molecule has 0 saturated carbocycles. The van der Waals surface area contributed by atoms with Crippen LogP contribution in [0.1, 0.15) is 12.5 Å². The number of piperazine rings is 1. The molecule has 0 spiro atoms. The number of nitriles is 1. The summed E-state index contributed by atoms with van der Waals surface area (Å²) in [6, 6.07) is 9.37. The van der Waals surface area contributed by atoms with Crippen molar-refractivity contribution in [2.45, 2.75) is 13.0 Å². The van der Waals surface area contributed by atoms with Crippen molar-refractivity contribution in [1.29, 1.82) is 5.26 Å². The molecule has 0 bridgehead atoms. The van der Waals surface area contributed by atoms with E-state index in [1.165, 1.54) is 0 Å². The number of carbonyl (C=O) groups is 1. The van der Waals surface area contributed by atoms with E-state index in [1.54, 1.807) is 24.3 Å². The summed E-state index contributed by atoms with van der Waals surface area (Å²) in [4.78, 5) is 14.0. The maximum atomic E-state index is 11.9. The van der Waals surface area contributed by atoms with Crippen molar-refractivity contribution in [3.63, 3.8) is 0 Å². The standard InChI is InChI=1S/C14H18N4O/c1-11-9-18(7-6-16-11)10-14(19)17-13-4-2-12(8-15)3-5-13/h2-5,11,16H,6-7,9-10H2,1H3,(H,17,19). The number of hydrogen-bond acceptors (Lipinski definition) is 4. The van der Waals surface area contributed by atoms with E-state index in [4.69, 9.17) is 5.26 Å². The van der Waals surface area contributed by atoms with Gasteiger partial charge in [0.15, 0.2) is 0 Å². The molecule has 1 aromatic carbocycles. The first-order chi connectivity index (χ1) is 9.17. The number of rotatable bonds is 3. The van der Waals surface area contributed by atoms with Gasteiger partial charge in [0, 0.05) is 31.4 Å². The van der Waals surface area contributed by atoms with Crippen molar-refractivity contribution >= 4 is 11.6 Å². The predicted molar refractivity (Wildman–Crippen MR) is 73.7 cm³/mol. The van der Waals surface area contributed by atoms with Gasteiger partial charge in [-0.2, -0.15) is 5.26 Å². The highest BCUT2D eigenvalue weighted by Crippen LogP contribution is 2.09. The number of carbonyl (C=O) groups excluding carboxylic acids is 1. The maximum Gasteiger partial charge on any atom is 0.238 e. The molecule has 1 saturated heterocycles. The second-order valence-corrected chi connectivity index (χ2v) is 4.83. The largest absolute Gasteiger partial charge is 0.325 e. The average Bonchev–Trinajstić information content (AvgIpc) is 2.39. The van der Waals surface area contributed by atoms with E-state index < -0.39 is 0 Å². The van der Waals surface area contributed by atoms with Crippen molar-refractivity contribution < 1.29 is 4.79 Å². The summed E-state index contributed by atoms with van der Waals surface area (Å²) in [5.41, 5.74) is 1.32. The van der Waals surface area contributed by atoms with Gasteiger partial charge >= 0.3 is 0 Å². The van der Waals surface area contributed by atoms with Gasteiger partial charge in [-0.25, -0.2) is 0 Å². The van der Waals surface area contributed by atoms with Crippen LogP contribution in [0.3, 0.4) is 0 Å². The summed E-state index contributed by atoms with van der Waals surface area (Å²) in [7, 11) is 0. The van der Waals surface area contributed by atoms with Crippen LogP contribution in [0.15, 0.2) is 24.3 Å². The van der Waals surface area contributed by atoms with E-state index in [9.17, 15) is 4.79 Å². The lowest BCUT2D eigenvalue weighted by Crippen LogP contribution is -2.51. The van der Waals surface area contributed by atoms with E-state index in [-0.39, 0.29) is 5.91 Å². The molecule has 5 heteroatoms. The molecule has 1 aliphatic heterocycles. The van der Waals surface area contributed by atoms with E-state index in [2.05, 4.69) is 28.5 Å². The van der Waals surface area contributed by atoms with E-state index in [0.29, 0.717) is 18.2 Å². The molecule has 1 aromatic rings. The third-order valence-electron chi connectivity index (χ3n) is 3.12. The van der Waals surface area contributed by atoms with Crippen LogP contribution in [-0.4, -0.2) is 43.0 Å². The van der Waals surface area contributed by atoms with E-state index in [1.807, 2.05) is 0 Å². The van der Waals surface area contributed by atoms with Crippen molar-refractivity contribution in [1.82, 2.24) is 10.2 Å². The second kappa shape index (κ2) is 6.32. The number of hydrogen-bond donors (Lipinski definition) is 2. The molecule has 0 aromatic heterocycles. The molecule has 1 fully saturated rings. The fourth-order valence-corrected chi connectivity index (χ4v) is 2.19. The third-order valence-corrected chi connectivity index (χ3v) is 3.12. The Labute approximate surface area is 113 Å². The van der Waals surface area contributed by atoms with Crippen LogP contribution in [0, 0.1) is 11.3 Å². The Kier molecular flexibility index (Phi) is 4.50. The molecular formula is C14H18N4O. The molecule has 1 amide bonds. The smallest absolute Gasteiger partial charge is 0.238 e. The minimum atomic E-state index is -0.0150. The summed E-state index contributed by atoms with van der Waals surface area (Å²) in [6.45, 7) is 5.23. The highest BCUT2D eigenvalue weighted by atomic mass is 16.2. The molecule has 5 nitrogen and oxygen atoms in total. The highest BCUT2D eigenvalue weighted by molar-refractivity contribution is 5.92. The topological polar surface area (TPSA) is 68.2 Å². The van der Waals surface area contributed by atoms with Crippen LogP contribution in [0.5, 0.6) is 0 Å². The van der Waals surface area contributed by atoms with Crippen LogP contribution >= 0.6 is 0 Å². The van der Waals surface area contributed by atoms with Gasteiger partial charge in [0.05, 0.1) is 18.2 Å². The number of nitrogens with zero attached hydrogens (tertiary/aromatic N) is 2. The molecule has 0 aliphatic carbocycles. The first-order valence-corrected chi connectivity index (χ1v) is 6.43. The number of nitrogens with one attached hydrogen (secondary N) is 2. The number of benzene rings is 1. The number of anilines is 1. The fraction of sp³-hybridized carbons (Fsp3) is 0.429. The Morgan fingerprint density at radius 2 is 2.26 bits per heavy atom. The molecule has 1 aliphatic rings. The first kappa shape index (κ1) is 13.5. The van der Waals surface area contributed by atoms with E-state index in [0.717, 1.165) is 25.3 Å². The van der Waals surface area contributed by atoms with Gasteiger partial charge in [-0.3, -0.25) is 9.69 Å². The van der Waals surface area contributed by atoms with Crippen LogP contribution in [0.4, 0.5) is 5.69 Å². The fourth-order valence-electron chi connectivity index (χ4n) is 2.19. The Morgan fingerprint density at radius 1 is 1.53 bits per heavy atom. The Balaban J connectivity index is 1.85. The van der Waals surface area contributed by atoms with Crippen LogP contribution < -0.4 is 10.6 Å². The van der Waals surface area contributed by atoms with Crippen LogP contribution in [-0.2, 0) is 4.79 Å². The van der Waals surface area contributed by atoms with Gasteiger partial charge in [-0.15, -0.1) is 0 Å². The summed E-state index contributed by atoms with van der Waals surface area (Å²) in [5.74, 6) is -0.0150. The summed E-state index contributed by atoms with van der Waals surface area (Å²) >= 11 is 0. The lowest BCUT2D eigenvalue weighted by atomic mass is 10.2. The van der Waals surface area contributed by atoms with Crippen molar-refractivity contribution in [2.75, 3.05) is 31.5 Å². The Bertz CT molecular complexity index is 477. The quantitative estimate of drug-likeness (QED) is 0.841.